The summed E-state index contributed by atoms with van der Waals surface area (Å²) >= 11 is 6.08. The number of rotatable bonds is 7. The highest BCUT2D eigenvalue weighted by atomic mass is 35.5. The summed E-state index contributed by atoms with van der Waals surface area (Å²) in [6.45, 7) is 0.414. The molecular weight excluding hydrogens is 468 g/mol. The minimum Gasteiger partial charge on any atom is -0.478 e. The highest BCUT2D eigenvalue weighted by Gasteiger charge is 2.30. The predicted molar refractivity (Wildman–Crippen MR) is 113 cm³/mol. The van der Waals surface area contributed by atoms with Gasteiger partial charge in [0, 0.05) is 19.0 Å². The maximum absolute atomic E-state index is 13.3. The third kappa shape index (κ3) is 5.71. The van der Waals surface area contributed by atoms with Gasteiger partial charge in [-0.05, 0) is 24.5 Å². The van der Waals surface area contributed by atoms with Crippen molar-refractivity contribution >= 4 is 39.3 Å². The number of sulfonamides is 1. The molecule has 2 aromatic rings. The smallest absolute Gasteiger partial charge is 0.337 e. The number of benzene rings is 1. The number of carboxylic acid groups (broad SMARTS) is 1. The van der Waals surface area contributed by atoms with Gasteiger partial charge in [-0.25, -0.2) is 27.0 Å². The normalized spacial score (nSPS) is 15.1. The van der Waals surface area contributed by atoms with E-state index < -0.39 is 45.5 Å². The van der Waals surface area contributed by atoms with E-state index in [1.54, 1.807) is 35.2 Å². The molecule has 0 unspecified atom stereocenters. The lowest BCUT2D eigenvalue weighted by Gasteiger charge is -2.32. The summed E-state index contributed by atoms with van der Waals surface area (Å²) in [6, 6.07) is 9.37. The molecule has 3 rings (SSSR count). The van der Waals surface area contributed by atoms with Crippen LogP contribution in [0.2, 0.25) is 5.02 Å². The van der Waals surface area contributed by atoms with E-state index in [1.807, 2.05) is 0 Å². The summed E-state index contributed by atoms with van der Waals surface area (Å²) in [7, 11) is -3.87. The molecule has 0 radical (unpaired) electrons. The molecule has 0 bridgehead atoms. The number of pyridine rings is 1. The Labute approximate surface area is 188 Å². The van der Waals surface area contributed by atoms with Gasteiger partial charge >= 0.3 is 5.97 Å². The van der Waals surface area contributed by atoms with E-state index >= 15 is 0 Å². The molecule has 0 saturated carbocycles. The van der Waals surface area contributed by atoms with Crippen molar-refractivity contribution in [3.8, 4) is 0 Å². The van der Waals surface area contributed by atoms with Crippen LogP contribution in [-0.4, -0.2) is 43.5 Å². The topological polar surface area (TPSA) is 117 Å². The summed E-state index contributed by atoms with van der Waals surface area (Å²) < 4.78 is 53.2. The summed E-state index contributed by atoms with van der Waals surface area (Å²) in [4.78, 5) is 29.0. The van der Waals surface area contributed by atoms with E-state index in [-0.39, 0.29) is 42.5 Å². The Morgan fingerprint density at radius 1 is 1.22 bits per heavy atom. The quantitative estimate of drug-likeness (QED) is 0.615. The molecular formula is C20H20ClF2N3O5S. The predicted octanol–water partition coefficient (Wildman–Crippen LogP) is 3.23. The maximum atomic E-state index is 13.3. The van der Waals surface area contributed by atoms with Crippen LogP contribution in [0.15, 0.2) is 36.4 Å². The molecule has 1 amide bonds. The van der Waals surface area contributed by atoms with Crippen LogP contribution in [0.25, 0.3) is 0 Å². The fraction of sp³-hybridized carbons (Fsp3) is 0.350. The fourth-order valence-electron chi connectivity index (χ4n) is 3.47. The molecule has 0 aliphatic carbocycles. The summed E-state index contributed by atoms with van der Waals surface area (Å²) in [6.07, 6.45) is -2.61. The van der Waals surface area contributed by atoms with Crippen molar-refractivity contribution in [2.45, 2.75) is 25.0 Å². The van der Waals surface area contributed by atoms with Gasteiger partial charge in [0.05, 0.1) is 16.3 Å². The van der Waals surface area contributed by atoms with Crippen LogP contribution in [0.5, 0.6) is 0 Å². The zero-order valence-corrected chi connectivity index (χ0v) is 18.2. The third-order valence-corrected chi connectivity index (χ3v) is 6.55. The van der Waals surface area contributed by atoms with E-state index in [0.717, 1.165) is 6.07 Å². The average molecular weight is 488 g/mol. The standard InChI is InChI=1S/C20H20ClF2N3O5S/c21-15-10-14(20(28)29)16(17(22)23)24-18(15)26-8-6-13(7-9-26)19(27)25-32(30,31)11-12-4-2-1-3-5-12/h1-5,10,13,17H,6-9,11H2,(H,25,27)(H,28,29). The molecule has 8 nitrogen and oxygen atoms in total. The molecule has 1 aromatic heterocycles. The maximum Gasteiger partial charge on any atom is 0.337 e. The first-order valence-electron chi connectivity index (χ1n) is 9.62. The van der Waals surface area contributed by atoms with Gasteiger partial charge in [0.2, 0.25) is 15.9 Å². The molecule has 1 saturated heterocycles. The van der Waals surface area contributed by atoms with E-state index in [9.17, 15) is 26.8 Å². The number of anilines is 1. The molecule has 0 spiro atoms. The van der Waals surface area contributed by atoms with E-state index in [4.69, 9.17) is 16.7 Å². The molecule has 32 heavy (non-hydrogen) atoms. The van der Waals surface area contributed by atoms with Crippen molar-refractivity contribution < 1.29 is 31.9 Å². The van der Waals surface area contributed by atoms with Gasteiger partial charge in [-0.15, -0.1) is 0 Å². The molecule has 12 heteroatoms. The first-order chi connectivity index (χ1) is 15.1. The van der Waals surface area contributed by atoms with E-state index in [1.165, 1.54) is 0 Å². The molecule has 2 heterocycles. The number of aromatic nitrogens is 1. The Balaban J connectivity index is 1.65. The highest BCUT2D eigenvalue weighted by molar-refractivity contribution is 7.89. The van der Waals surface area contributed by atoms with E-state index in [0.29, 0.717) is 5.56 Å². The van der Waals surface area contributed by atoms with Crippen LogP contribution in [0.4, 0.5) is 14.6 Å². The Bertz CT molecular complexity index is 1110. The van der Waals surface area contributed by atoms with Crippen LogP contribution in [0.3, 0.4) is 0 Å². The number of amides is 1. The van der Waals surface area contributed by atoms with Crippen LogP contribution < -0.4 is 9.62 Å². The van der Waals surface area contributed by atoms with Gasteiger partial charge in [0.15, 0.2) is 0 Å². The minimum atomic E-state index is -3.87. The number of carboxylic acids is 1. The Hall–Kier alpha value is -2.79. The SMILES string of the molecule is O=C(O)c1cc(Cl)c(N2CCC(C(=O)NS(=O)(=O)Cc3ccccc3)CC2)nc1C(F)F. The summed E-state index contributed by atoms with van der Waals surface area (Å²) in [5.74, 6) is -3.11. The second-order valence-corrected chi connectivity index (χ2v) is 9.43. The van der Waals surface area contributed by atoms with Gasteiger partial charge < -0.3 is 10.0 Å². The van der Waals surface area contributed by atoms with Crippen molar-refractivity contribution in [3.63, 3.8) is 0 Å². The number of alkyl halides is 2. The van der Waals surface area contributed by atoms with E-state index in [2.05, 4.69) is 9.71 Å². The van der Waals surface area contributed by atoms with Gasteiger partial charge in [0.25, 0.3) is 6.43 Å². The highest BCUT2D eigenvalue weighted by Crippen LogP contribution is 2.33. The number of nitrogens with zero attached hydrogens (tertiary/aromatic N) is 2. The lowest BCUT2D eigenvalue weighted by Crippen LogP contribution is -2.43. The van der Waals surface area contributed by atoms with Gasteiger partial charge in [-0.3, -0.25) is 9.52 Å². The first kappa shape index (κ1) is 23.9. The molecule has 1 aromatic carbocycles. The largest absolute Gasteiger partial charge is 0.478 e. The lowest BCUT2D eigenvalue weighted by molar-refractivity contribution is -0.123. The fourth-order valence-corrected chi connectivity index (χ4v) is 4.92. The van der Waals surface area contributed by atoms with Gasteiger partial charge in [-0.2, -0.15) is 0 Å². The number of carbonyl (C=O) groups is 2. The summed E-state index contributed by atoms with van der Waals surface area (Å²) in [5, 5.41) is 8.99. The second-order valence-electron chi connectivity index (χ2n) is 7.30. The second kappa shape index (κ2) is 9.78. The molecule has 172 valence electrons. The Kier molecular flexibility index (Phi) is 7.29. The zero-order chi connectivity index (χ0) is 23.5. The van der Waals surface area contributed by atoms with Crippen molar-refractivity contribution in [1.29, 1.82) is 0 Å². The Morgan fingerprint density at radius 3 is 2.41 bits per heavy atom. The van der Waals surface area contributed by atoms with Gasteiger partial charge in [-0.1, -0.05) is 41.9 Å². The van der Waals surface area contributed by atoms with Gasteiger partial charge in [0.1, 0.15) is 11.5 Å². The van der Waals surface area contributed by atoms with Crippen molar-refractivity contribution in [1.82, 2.24) is 9.71 Å². The molecule has 0 atom stereocenters. The number of nitrogens with one attached hydrogen (secondary N) is 1. The molecule has 1 aliphatic heterocycles. The van der Waals surface area contributed by atoms with Crippen LogP contribution in [0, 0.1) is 5.92 Å². The minimum absolute atomic E-state index is 0.00234. The Morgan fingerprint density at radius 2 is 1.84 bits per heavy atom. The number of piperidine rings is 1. The summed E-state index contributed by atoms with van der Waals surface area (Å²) in [5.41, 5.74) is -1.02. The number of carbonyl (C=O) groups excluding carboxylic acids is 1. The van der Waals surface area contributed by atoms with Crippen LogP contribution >= 0.6 is 11.6 Å². The number of hydrogen-bond acceptors (Lipinski definition) is 6. The zero-order valence-electron chi connectivity index (χ0n) is 16.7. The molecule has 1 fully saturated rings. The number of halogens is 3. The van der Waals surface area contributed by atoms with Crippen molar-refractivity contribution in [3.05, 3.63) is 58.2 Å². The van der Waals surface area contributed by atoms with Crippen molar-refractivity contribution in [2.75, 3.05) is 18.0 Å². The first-order valence-corrected chi connectivity index (χ1v) is 11.7. The number of hydrogen-bond donors (Lipinski definition) is 2. The van der Waals surface area contributed by atoms with Crippen molar-refractivity contribution in [2.24, 2.45) is 5.92 Å². The van der Waals surface area contributed by atoms with Crippen LogP contribution in [-0.2, 0) is 20.6 Å². The monoisotopic (exact) mass is 487 g/mol. The van der Waals surface area contributed by atoms with Crippen LogP contribution in [0.1, 0.15) is 40.9 Å². The number of aromatic carboxylic acids is 1. The average Bonchev–Trinajstić information content (AvgIpc) is 2.73. The third-order valence-electron chi connectivity index (χ3n) is 5.04. The molecule has 1 aliphatic rings. The lowest BCUT2D eigenvalue weighted by atomic mass is 9.96. The molecule has 2 N–H and O–H groups in total.